The number of anilines is 2. The van der Waals surface area contributed by atoms with Crippen molar-refractivity contribution in [1.82, 2.24) is 19.7 Å². The van der Waals surface area contributed by atoms with E-state index < -0.39 is 5.91 Å². The van der Waals surface area contributed by atoms with Crippen LogP contribution < -0.4 is 16.7 Å². The number of hydrogen-bond donors (Lipinski definition) is 4. The van der Waals surface area contributed by atoms with Crippen LogP contribution in [0.25, 0.3) is 11.0 Å². The van der Waals surface area contributed by atoms with Gasteiger partial charge in [-0.25, -0.2) is 4.79 Å². The third-order valence-electron chi connectivity index (χ3n) is 2.85. The van der Waals surface area contributed by atoms with Gasteiger partial charge in [0.05, 0.1) is 16.7 Å². The fourth-order valence-corrected chi connectivity index (χ4v) is 1.98. The molecule has 0 radical (unpaired) electrons. The first-order valence-electron chi connectivity index (χ1n) is 5.85. The molecule has 0 saturated heterocycles. The molecule has 8 nitrogen and oxygen atoms in total. The summed E-state index contributed by atoms with van der Waals surface area (Å²) in [7, 11) is 1.68. The maximum absolute atomic E-state index is 12.0. The van der Waals surface area contributed by atoms with E-state index in [-0.39, 0.29) is 11.4 Å². The molecule has 3 rings (SSSR count). The molecular weight excluding hydrogens is 260 g/mol. The second-order valence-corrected chi connectivity index (χ2v) is 4.40. The topological polar surface area (TPSA) is 122 Å². The van der Waals surface area contributed by atoms with Gasteiger partial charge in [0.25, 0.3) is 5.91 Å². The van der Waals surface area contributed by atoms with Gasteiger partial charge < -0.3 is 21.0 Å². The quantitative estimate of drug-likeness (QED) is 0.540. The molecule has 0 aliphatic heterocycles. The van der Waals surface area contributed by atoms with Gasteiger partial charge in [-0.2, -0.15) is 5.10 Å². The van der Waals surface area contributed by atoms with Gasteiger partial charge in [-0.1, -0.05) is 0 Å². The summed E-state index contributed by atoms with van der Waals surface area (Å²) >= 11 is 0. The zero-order valence-corrected chi connectivity index (χ0v) is 10.6. The van der Waals surface area contributed by atoms with Crippen molar-refractivity contribution in [3.8, 4) is 0 Å². The summed E-state index contributed by atoms with van der Waals surface area (Å²) in [4.78, 5) is 28.5. The lowest BCUT2D eigenvalue weighted by Crippen LogP contribution is -2.14. The van der Waals surface area contributed by atoms with Crippen LogP contribution in [0.3, 0.4) is 0 Å². The van der Waals surface area contributed by atoms with E-state index in [4.69, 9.17) is 5.73 Å². The highest BCUT2D eigenvalue weighted by molar-refractivity contribution is 6.06. The lowest BCUT2D eigenvalue weighted by Gasteiger charge is -2.03. The molecule has 0 aliphatic rings. The summed E-state index contributed by atoms with van der Waals surface area (Å²) in [6.45, 7) is 0. The Kier molecular flexibility index (Phi) is 2.56. The van der Waals surface area contributed by atoms with Crippen molar-refractivity contribution in [2.75, 3.05) is 11.1 Å². The zero-order chi connectivity index (χ0) is 14.3. The molecule has 0 saturated carbocycles. The maximum atomic E-state index is 12.0. The first-order valence-corrected chi connectivity index (χ1v) is 5.85. The third kappa shape index (κ3) is 2.03. The van der Waals surface area contributed by atoms with Gasteiger partial charge >= 0.3 is 5.69 Å². The monoisotopic (exact) mass is 272 g/mol. The zero-order valence-electron chi connectivity index (χ0n) is 10.6. The first kappa shape index (κ1) is 12.0. The third-order valence-corrected chi connectivity index (χ3v) is 2.85. The number of hydrogen-bond acceptors (Lipinski definition) is 4. The number of nitrogens with one attached hydrogen (secondary N) is 3. The number of nitrogens with zero attached hydrogens (tertiary/aromatic N) is 2. The smallest absolute Gasteiger partial charge is 0.323 e. The largest absolute Gasteiger partial charge is 0.396 e. The van der Waals surface area contributed by atoms with E-state index in [0.29, 0.717) is 22.4 Å². The summed E-state index contributed by atoms with van der Waals surface area (Å²) in [5.41, 5.74) is 7.70. The fourth-order valence-electron chi connectivity index (χ4n) is 1.98. The molecule has 1 aromatic carbocycles. The number of rotatable bonds is 2. The van der Waals surface area contributed by atoms with Crippen LogP contribution in [0.5, 0.6) is 0 Å². The predicted octanol–water partition coefficient (Wildman–Crippen LogP) is 0.424. The SMILES string of the molecule is Cn1cc(N)c(C(=O)Nc2ccc3[nH]c(=O)[nH]c3c2)n1. The molecule has 3 aromatic rings. The van der Waals surface area contributed by atoms with Gasteiger partial charge in [0.15, 0.2) is 5.69 Å². The Morgan fingerprint density at radius 1 is 1.35 bits per heavy atom. The van der Waals surface area contributed by atoms with Crippen LogP contribution in [0.4, 0.5) is 11.4 Å². The van der Waals surface area contributed by atoms with Gasteiger partial charge in [-0.15, -0.1) is 0 Å². The number of amides is 1. The number of nitrogen functional groups attached to an aromatic ring is 1. The number of benzene rings is 1. The average molecular weight is 272 g/mol. The number of imidazole rings is 1. The first-order chi connectivity index (χ1) is 9.52. The molecule has 0 unspecified atom stereocenters. The number of carbonyl (C=O) groups excluding carboxylic acids is 1. The maximum Gasteiger partial charge on any atom is 0.323 e. The van der Waals surface area contributed by atoms with Gasteiger partial charge in [0.2, 0.25) is 0 Å². The molecule has 102 valence electrons. The molecule has 20 heavy (non-hydrogen) atoms. The minimum Gasteiger partial charge on any atom is -0.396 e. The molecule has 5 N–H and O–H groups in total. The highest BCUT2D eigenvalue weighted by atomic mass is 16.2. The van der Waals surface area contributed by atoms with E-state index in [0.717, 1.165) is 0 Å². The predicted molar refractivity (Wildman–Crippen MR) is 74.5 cm³/mol. The van der Waals surface area contributed by atoms with Crippen molar-refractivity contribution in [3.63, 3.8) is 0 Å². The number of H-pyrrole nitrogens is 2. The number of aromatic amines is 2. The number of carbonyl (C=O) groups is 1. The van der Waals surface area contributed by atoms with E-state index in [1.807, 2.05) is 0 Å². The van der Waals surface area contributed by atoms with E-state index >= 15 is 0 Å². The summed E-state index contributed by atoms with van der Waals surface area (Å²) in [5, 5.41) is 6.67. The molecule has 0 atom stereocenters. The molecule has 1 amide bonds. The standard InChI is InChI=1S/C12H12N6O2/c1-18-5-7(13)10(17-18)11(19)14-6-2-3-8-9(4-6)16-12(20)15-8/h2-5H,13H2,1H3,(H,14,19)(H2,15,16,20). The van der Waals surface area contributed by atoms with Gasteiger partial charge in [-0.3, -0.25) is 9.48 Å². The van der Waals surface area contributed by atoms with E-state index in [9.17, 15) is 9.59 Å². The molecule has 0 spiro atoms. The number of aromatic nitrogens is 4. The molecule has 0 fully saturated rings. The summed E-state index contributed by atoms with van der Waals surface area (Å²) < 4.78 is 1.47. The van der Waals surface area contributed by atoms with E-state index in [1.165, 1.54) is 4.68 Å². The van der Waals surface area contributed by atoms with E-state index in [1.54, 1.807) is 31.4 Å². The van der Waals surface area contributed by atoms with Crippen molar-refractivity contribution in [3.05, 3.63) is 40.6 Å². The van der Waals surface area contributed by atoms with Crippen LogP contribution in [0.1, 0.15) is 10.5 Å². The minimum absolute atomic E-state index is 0.162. The number of aryl methyl sites for hydroxylation is 1. The molecular formula is C12H12N6O2. The number of fused-ring (bicyclic) bond motifs is 1. The lowest BCUT2D eigenvalue weighted by atomic mass is 10.2. The highest BCUT2D eigenvalue weighted by Crippen LogP contribution is 2.16. The molecule has 0 aliphatic carbocycles. The van der Waals surface area contributed by atoms with Gasteiger partial charge in [0, 0.05) is 18.9 Å². The Morgan fingerprint density at radius 2 is 2.10 bits per heavy atom. The second-order valence-electron chi connectivity index (χ2n) is 4.40. The van der Waals surface area contributed by atoms with Crippen LogP contribution in [0, 0.1) is 0 Å². The Labute approximate surface area is 112 Å². The second kappa shape index (κ2) is 4.26. The Hall–Kier alpha value is -3.03. The van der Waals surface area contributed by atoms with E-state index in [2.05, 4.69) is 20.4 Å². The van der Waals surface area contributed by atoms with Crippen molar-refractivity contribution in [2.45, 2.75) is 0 Å². The van der Waals surface area contributed by atoms with Crippen LogP contribution in [0.15, 0.2) is 29.2 Å². The summed E-state index contributed by atoms with van der Waals surface area (Å²) in [6.07, 6.45) is 1.56. The van der Waals surface area contributed by atoms with Crippen LogP contribution in [-0.2, 0) is 7.05 Å². The normalized spacial score (nSPS) is 10.8. The minimum atomic E-state index is -0.402. The van der Waals surface area contributed by atoms with Crippen molar-refractivity contribution in [2.24, 2.45) is 7.05 Å². The highest BCUT2D eigenvalue weighted by Gasteiger charge is 2.14. The lowest BCUT2D eigenvalue weighted by molar-refractivity contribution is 0.102. The molecule has 8 heteroatoms. The fraction of sp³-hybridized carbons (Fsp3) is 0.0833. The molecule has 2 aromatic heterocycles. The van der Waals surface area contributed by atoms with Crippen molar-refractivity contribution >= 4 is 28.3 Å². The number of nitrogens with two attached hydrogens (primary N) is 1. The Bertz CT molecular complexity index is 856. The van der Waals surface area contributed by atoms with Crippen LogP contribution in [0.2, 0.25) is 0 Å². The Balaban J connectivity index is 1.90. The van der Waals surface area contributed by atoms with Crippen molar-refractivity contribution in [1.29, 1.82) is 0 Å². The van der Waals surface area contributed by atoms with Crippen LogP contribution in [-0.4, -0.2) is 25.7 Å². The average Bonchev–Trinajstić information content (AvgIpc) is 2.90. The molecule has 2 heterocycles. The summed E-state index contributed by atoms with van der Waals surface area (Å²) in [6, 6.07) is 5.04. The summed E-state index contributed by atoms with van der Waals surface area (Å²) in [5.74, 6) is -0.402. The Morgan fingerprint density at radius 3 is 2.80 bits per heavy atom. The van der Waals surface area contributed by atoms with Crippen LogP contribution >= 0.6 is 0 Å². The molecule has 0 bridgehead atoms. The van der Waals surface area contributed by atoms with Crippen molar-refractivity contribution < 1.29 is 4.79 Å². The van der Waals surface area contributed by atoms with Gasteiger partial charge in [-0.05, 0) is 18.2 Å². The van der Waals surface area contributed by atoms with Gasteiger partial charge in [0.1, 0.15) is 0 Å².